The molecule has 4 rings (SSSR count). The minimum atomic E-state index is -4.73. The molecule has 0 unspecified atom stereocenters. The molecule has 10 nitrogen and oxygen atoms in total. The number of fused-ring (bicyclic) bond motifs is 1. The quantitative estimate of drug-likeness (QED) is 0.405. The molecule has 1 aromatic carbocycles. The van der Waals surface area contributed by atoms with Crippen molar-refractivity contribution in [3.63, 3.8) is 0 Å². The van der Waals surface area contributed by atoms with Crippen LogP contribution >= 0.6 is 11.6 Å². The van der Waals surface area contributed by atoms with Crippen LogP contribution in [0.1, 0.15) is 78.3 Å². The van der Waals surface area contributed by atoms with E-state index in [2.05, 4.69) is 15.4 Å². The molecule has 14 heteroatoms. The molecule has 0 radical (unpaired) electrons. The highest BCUT2D eigenvalue weighted by molar-refractivity contribution is 6.31. The molecule has 0 saturated heterocycles. The van der Waals surface area contributed by atoms with Crippen molar-refractivity contribution in [2.75, 3.05) is 12.4 Å². The van der Waals surface area contributed by atoms with E-state index in [9.17, 15) is 27.6 Å². The standard InChI is InChI=1S/C27H30ClF3N6O4/c1-13(2)32-26-33-20-12-35(23(38)16-7-8-19(28)18(10-16)27(29,30)31)15(5)9-17(20)24(39)36(26)22-11-21(25(40)41-6)37(34-22)14(3)4/h7-8,10-11,13-15H,9,12H2,1-6H3,(H,32,33)/t15-/m1/s1. The summed E-state index contributed by atoms with van der Waals surface area (Å²) in [5.74, 6) is -0.961. The van der Waals surface area contributed by atoms with Crippen molar-refractivity contribution in [2.45, 2.75) is 71.9 Å². The number of carbonyl (C=O) groups excluding carboxylic acids is 2. The Bertz CT molecular complexity index is 1560. The molecule has 0 spiro atoms. The van der Waals surface area contributed by atoms with Crippen molar-refractivity contribution >= 4 is 29.4 Å². The lowest BCUT2D eigenvalue weighted by Crippen LogP contribution is -2.46. The molecule has 0 saturated carbocycles. The average Bonchev–Trinajstić information content (AvgIpc) is 3.33. The number of aromatic nitrogens is 4. The maximum absolute atomic E-state index is 13.9. The number of alkyl halides is 3. The highest BCUT2D eigenvalue weighted by Crippen LogP contribution is 2.36. The Morgan fingerprint density at radius 1 is 1.17 bits per heavy atom. The summed E-state index contributed by atoms with van der Waals surface area (Å²) in [6.07, 6.45) is -4.63. The van der Waals surface area contributed by atoms with Crippen molar-refractivity contribution in [2.24, 2.45) is 0 Å². The molecule has 41 heavy (non-hydrogen) atoms. The molecule has 3 heterocycles. The van der Waals surface area contributed by atoms with Crippen LogP contribution in [0.5, 0.6) is 0 Å². The number of ether oxygens (including phenoxy) is 1. The zero-order valence-electron chi connectivity index (χ0n) is 23.3. The first-order chi connectivity index (χ1) is 19.1. The van der Waals surface area contributed by atoms with E-state index in [0.717, 1.165) is 12.1 Å². The fourth-order valence-electron chi connectivity index (χ4n) is 4.68. The van der Waals surface area contributed by atoms with Crippen molar-refractivity contribution in [3.05, 3.63) is 67.7 Å². The first-order valence-corrected chi connectivity index (χ1v) is 13.3. The Balaban J connectivity index is 1.80. The molecule has 2 aromatic heterocycles. The number of nitrogens with one attached hydrogen (secondary N) is 1. The number of halogens is 4. The molecule has 220 valence electrons. The number of carbonyl (C=O) groups is 2. The molecule has 1 N–H and O–H groups in total. The van der Waals surface area contributed by atoms with Gasteiger partial charge < -0.3 is 15.0 Å². The summed E-state index contributed by atoms with van der Waals surface area (Å²) in [6.45, 7) is 8.95. The van der Waals surface area contributed by atoms with Crippen LogP contribution in [0.4, 0.5) is 19.1 Å². The minimum absolute atomic E-state index is 0.101. The zero-order chi connectivity index (χ0) is 30.4. The van der Waals surface area contributed by atoms with Crippen molar-refractivity contribution in [1.29, 1.82) is 0 Å². The molecule has 0 fully saturated rings. The van der Waals surface area contributed by atoms with Gasteiger partial charge in [0.25, 0.3) is 11.5 Å². The third-order valence-electron chi connectivity index (χ3n) is 6.65. The van der Waals surface area contributed by atoms with E-state index in [1.165, 1.54) is 33.4 Å². The molecule has 1 amide bonds. The third-order valence-corrected chi connectivity index (χ3v) is 6.98. The number of benzene rings is 1. The normalized spacial score (nSPS) is 15.3. The van der Waals surface area contributed by atoms with E-state index < -0.39 is 40.2 Å². The van der Waals surface area contributed by atoms with Gasteiger partial charge in [-0.1, -0.05) is 11.6 Å². The average molecular weight is 595 g/mol. The monoisotopic (exact) mass is 594 g/mol. The lowest BCUT2D eigenvalue weighted by atomic mass is 9.98. The zero-order valence-corrected chi connectivity index (χ0v) is 24.1. The Morgan fingerprint density at radius 2 is 1.85 bits per heavy atom. The largest absolute Gasteiger partial charge is 0.464 e. The van der Waals surface area contributed by atoms with Crippen molar-refractivity contribution in [1.82, 2.24) is 24.2 Å². The number of nitrogens with zero attached hydrogens (tertiary/aromatic N) is 5. The maximum Gasteiger partial charge on any atom is 0.417 e. The van der Waals surface area contributed by atoms with Gasteiger partial charge in [-0.25, -0.2) is 14.3 Å². The fourth-order valence-corrected chi connectivity index (χ4v) is 4.91. The smallest absolute Gasteiger partial charge is 0.417 e. The molecule has 0 aliphatic carbocycles. The molecule has 0 bridgehead atoms. The van der Waals surface area contributed by atoms with Gasteiger partial charge in [0.05, 0.1) is 29.9 Å². The van der Waals surface area contributed by atoms with E-state index >= 15 is 0 Å². The van der Waals surface area contributed by atoms with Crippen molar-refractivity contribution < 1.29 is 27.5 Å². The van der Waals surface area contributed by atoms with Gasteiger partial charge in [0, 0.05) is 35.3 Å². The third kappa shape index (κ3) is 5.81. The number of methoxy groups -OCH3 is 1. The minimum Gasteiger partial charge on any atom is -0.464 e. The van der Waals surface area contributed by atoms with Gasteiger partial charge in [-0.05, 0) is 59.2 Å². The number of rotatable bonds is 6. The van der Waals surface area contributed by atoms with Gasteiger partial charge in [0.2, 0.25) is 5.95 Å². The Morgan fingerprint density at radius 3 is 2.44 bits per heavy atom. The number of amides is 1. The van der Waals surface area contributed by atoms with Gasteiger partial charge in [-0.15, -0.1) is 0 Å². The summed E-state index contributed by atoms with van der Waals surface area (Å²) in [5, 5.41) is 7.11. The second kappa shape index (κ2) is 11.2. The number of hydrogen-bond acceptors (Lipinski definition) is 7. The molecular formula is C27H30ClF3N6O4. The van der Waals surface area contributed by atoms with Crippen LogP contribution in [0.25, 0.3) is 5.82 Å². The SMILES string of the molecule is COC(=O)c1cc(-n2c(NC(C)C)nc3c(c2=O)C[C@@H](C)N(C(=O)c2ccc(Cl)c(C(F)(F)F)c2)C3)nn1C(C)C. The molecular weight excluding hydrogens is 565 g/mol. The van der Waals surface area contributed by atoms with Gasteiger partial charge in [-0.3, -0.25) is 14.3 Å². The van der Waals surface area contributed by atoms with Gasteiger partial charge >= 0.3 is 12.1 Å². The summed E-state index contributed by atoms with van der Waals surface area (Å²) >= 11 is 5.73. The van der Waals surface area contributed by atoms with Crippen LogP contribution in [0.3, 0.4) is 0 Å². The molecule has 1 aliphatic heterocycles. The highest BCUT2D eigenvalue weighted by atomic mass is 35.5. The van der Waals surface area contributed by atoms with Crippen molar-refractivity contribution in [3.8, 4) is 5.82 Å². The number of anilines is 1. The Kier molecular flexibility index (Phi) is 8.21. The fraction of sp³-hybridized carbons (Fsp3) is 0.444. The van der Waals surface area contributed by atoms with Crippen LogP contribution in [0.2, 0.25) is 5.02 Å². The van der Waals surface area contributed by atoms with Gasteiger partial charge in [-0.2, -0.15) is 18.3 Å². The first-order valence-electron chi connectivity index (χ1n) is 12.9. The van der Waals surface area contributed by atoms with E-state index in [1.54, 1.807) is 6.92 Å². The second-order valence-corrected chi connectivity index (χ2v) is 10.8. The predicted molar refractivity (Wildman–Crippen MR) is 146 cm³/mol. The summed E-state index contributed by atoms with van der Waals surface area (Å²) < 4.78 is 47.9. The van der Waals surface area contributed by atoms with E-state index in [4.69, 9.17) is 16.3 Å². The topological polar surface area (TPSA) is 111 Å². The molecule has 3 aromatic rings. The number of hydrogen-bond donors (Lipinski definition) is 1. The van der Waals surface area contributed by atoms with Crippen LogP contribution in [-0.2, 0) is 23.9 Å². The summed E-state index contributed by atoms with van der Waals surface area (Å²) in [5.41, 5.74) is -0.923. The highest BCUT2D eigenvalue weighted by Gasteiger charge is 2.36. The van der Waals surface area contributed by atoms with E-state index in [1.807, 2.05) is 27.7 Å². The number of esters is 1. The van der Waals surface area contributed by atoms with Crippen LogP contribution in [0.15, 0.2) is 29.1 Å². The van der Waals surface area contributed by atoms with Crippen LogP contribution in [-0.4, -0.2) is 55.3 Å². The summed E-state index contributed by atoms with van der Waals surface area (Å²) in [7, 11) is 1.25. The van der Waals surface area contributed by atoms with Gasteiger partial charge in [0.15, 0.2) is 5.82 Å². The Labute approximate surface area is 239 Å². The van der Waals surface area contributed by atoms with E-state index in [-0.39, 0.29) is 48.1 Å². The predicted octanol–water partition coefficient (Wildman–Crippen LogP) is 4.88. The Hall–Kier alpha value is -3.87. The second-order valence-electron chi connectivity index (χ2n) is 10.4. The lowest BCUT2D eigenvalue weighted by molar-refractivity contribution is -0.137. The first kappa shape index (κ1) is 30.1. The van der Waals surface area contributed by atoms with E-state index in [0.29, 0.717) is 11.3 Å². The maximum atomic E-state index is 13.9. The summed E-state index contributed by atoms with van der Waals surface area (Å²) in [4.78, 5) is 45.7. The lowest BCUT2D eigenvalue weighted by Gasteiger charge is -2.34. The molecule has 1 aliphatic rings. The van der Waals surface area contributed by atoms with Crippen LogP contribution in [0, 0.1) is 0 Å². The molecule has 1 atom stereocenters. The van der Waals surface area contributed by atoms with Gasteiger partial charge in [0.1, 0.15) is 5.69 Å². The van der Waals surface area contributed by atoms with Crippen LogP contribution < -0.4 is 10.9 Å². The summed E-state index contributed by atoms with van der Waals surface area (Å²) in [6, 6.07) is 3.55.